The summed E-state index contributed by atoms with van der Waals surface area (Å²) in [6.07, 6.45) is 0.347. The summed E-state index contributed by atoms with van der Waals surface area (Å²) in [4.78, 5) is 28.8. The molecule has 160 valence electrons. The predicted molar refractivity (Wildman–Crippen MR) is 122 cm³/mol. The van der Waals surface area contributed by atoms with Crippen molar-refractivity contribution in [3.8, 4) is 5.75 Å². The molecule has 1 heterocycles. The second kappa shape index (κ2) is 10.6. The van der Waals surface area contributed by atoms with E-state index in [0.717, 1.165) is 27.0 Å². The van der Waals surface area contributed by atoms with E-state index in [4.69, 9.17) is 4.74 Å². The Hall–Kier alpha value is -2.38. The van der Waals surface area contributed by atoms with Gasteiger partial charge in [-0.1, -0.05) is 34.1 Å². The number of piperazine rings is 1. The van der Waals surface area contributed by atoms with E-state index < -0.39 is 0 Å². The Labute approximate surface area is 186 Å². The summed E-state index contributed by atoms with van der Waals surface area (Å²) in [7, 11) is 0. The Bertz CT molecular complexity index is 895. The molecule has 1 saturated heterocycles. The van der Waals surface area contributed by atoms with Gasteiger partial charge in [0.05, 0.1) is 19.6 Å². The third-order valence-corrected chi connectivity index (χ3v) is 5.84. The molecule has 2 amide bonds. The lowest BCUT2D eigenvalue weighted by molar-refractivity contribution is -0.133. The number of carbonyl (C=O) groups excluding carboxylic acids is 2. The monoisotopic (exact) mass is 473 g/mol. The molecular weight excluding hydrogens is 446 g/mol. The van der Waals surface area contributed by atoms with Crippen LogP contribution in [0, 0.1) is 13.8 Å². The van der Waals surface area contributed by atoms with Crippen LogP contribution in [0.3, 0.4) is 0 Å². The number of nitrogens with zero attached hydrogens (tertiary/aromatic N) is 2. The fourth-order valence-electron chi connectivity index (χ4n) is 3.41. The molecular formula is C23H28BrN3O3. The van der Waals surface area contributed by atoms with Crippen molar-refractivity contribution in [2.24, 2.45) is 0 Å². The Morgan fingerprint density at radius 2 is 1.80 bits per heavy atom. The van der Waals surface area contributed by atoms with Crippen molar-refractivity contribution in [2.75, 3.05) is 44.6 Å². The summed E-state index contributed by atoms with van der Waals surface area (Å²) in [5.41, 5.74) is 3.11. The first-order chi connectivity index (χ1) is 14.4. The molecule has 0 unspecified atom stereocenters. The highest BCUT2D eigenvalue weighted by Crippen LogP contribution is 2.19. The normalized spacial score (nSPS) is 14.4. The van der Waals surface area contributed by atoms with Gasteiger partial charge in [0, 0.05) is 36.3 Å². The summed E-state index contributed by atoms with van der Waals surface area (Å²) < 4.78 is 6.60. The van der Waals surface area contributed by atoms with Crippen LogP contribution in [-0.4, -0.2) is 60.9 Å². The first kappa shape index (κ1) is 22.3. The largest absolute Gasteiger partial charge is 0.493 e. The van der Waals surface area contributed by atoms with Gasteiger partial charge < -0.3 is 15.0 Å². The summed E-state index contributed by atoms with van der Waals surface area (Å²) in [5.74, 6) is 0.812. The topological polar surface area (TPSA) is 61.9 Å². The van der Waals surface area contributed by atoms with Gasteiger partial charge in [0.25, 0.3) is 0 Å². The van der Waals surface area contributed by atoms with E-state index in [1.165, 1.54) is 0 Å². The first-order valence-electron chi connectivity index (χ1n) is 10.2. The Morgan fingerprint density at radius 3 is 2.53 bits per heavy atom. The number of ether oxygens (including phenoxy) is 1. The zero-order chi connectivity index (χ0) is 21.5. The zero-order valence-electron chi connectivity index (χ0n) is 17.5. The highest BCUT2D eigenvalue weighted by Gasteiger charge is 2.22. The van der Waals surface area contributed by atoms with Crippen molar-refractivity contribution in [3.63, 3.8) is 0 Å². The van der Waals surface area contributed by atoms with Crippen LogP contribution >= 0.6 is 15.9 Å². The molecule has 1 aliphatic heterocycles. The second-order valence-corrected chi connectivity index (χ2v) is 8.42. The Morgan fingerprint density at radius 1 is 1.07 bits per heavy atom. The van der Waals surface area contributed by atoms with Crippen LogP contribution in [0.25, 0.3) is 0 Å². The molecule has 0 aromatic heterocycles. The molecule has 0 atom stereocenters. The highest BCUT2D eigenvalue weighted by atomic mass is 79.9. The number of carbonyl (C=O) groups is 2. The van der Waals surface area contributed by atoms with E-state index in [2.05, 4.69) is 26.1 Å². The van der Waals surface area contributed by atoms with Crippen molar-refractivity contribution < 1.29 is 14.3 Å². The van der Waals surface area contributed by atoms with Crippen LogP contribution in [0.4, 0.5) is 5.69 Å². The van der Waals surface area contributed by atoms with Crippen molar-refractivity contribution >= 4 is 33.4 Å². The number of benzene rings is 2. The molecule has 1 N–H and O–H groups in total. The van der Waals surface area contributed by atoms with Gasteiger partial charge in [-0.3, -0.25) is 14.5 Å². The minimum atomic E-state index is -0.0223. The van der Waals surface area contributed by atoms with Crippen LogP contribution in [0.5, 0.6) is 5.75 Å². The van der Waals surface area contributed by atoms with Crippen LogP contribution in [0.15, 0.2) is 46.9 Å². The fourth-order valence-corrected chi connectivity index (χ4v) is 3.78. The smallest absolute Gasteiger partial charge is 0.238 e. The molecule has 6 nitrogen and oxygen atoms in total. The third kappa shape index (κ3) is 6.31. The number of rotatable bonds is 7. The van der Waals surface area contributed by atoms with Crippen LogP contribution in [-0.2, 0) is 9.59 Å². The second-order valence-electron chi connectivity index (χ2n) is 7.51. The van der Waals surface area contributed by atoms with Gasteiger partial charge in [-0.15, -0.1) is 0 Å². The molecule has 0 saturated carbocycles. The van der Waals surface area contributed by atoms with Gasteiger partial charge in [-0.2, -0.15) is 0 Å². The lowest BCUT2D eigenvalue weighted by Crippen LogP contribution is -2.50. The minimum absolute atomic E-state index is 0.0223. The van der Waals surface area contributed by atoms with Gasteiger partial charge in [0.15, 0.2) is 0 Å². The molecule has 1 aliphatic rings. The highest BCUT2D eigenvalue weighted by molar-refractivity contribution is 9.10. The summed E-state index contributed by atoms with van der Waals surface area (Å²) >= 11 is 3.40. The number of nitrogens with one attached hydrogen (secondary N) is 1. The van der Waals surface area contributed by atoms with Crippen LogP contribution < -0.4 is 10.1 Å². The number of anilines is 1. The maximum absolute atomic E-state index is 12.4. The number of halogens is 1. The number of aryl methyl sites for hydroxylation is 1. The molecule has 0 bridgehead atoms. The quantitative estimate of drug-likeness (QED) is 0.666. The van der Waals surface area contributed by atoms with Crippen molar-refractivity contribution in [1.82, 2.24) is 9.80 Å². The van der Waals surface area contributed by atoms with Crippen LogP contribution in [0.2, 0.25) is 0 Å². The van der Waals surface area contributed by atoms with E-state index in [0.29, 0.717) is 45.8 Å². The molecule has 1 fully saturated rings. The van der Waals surface area contributed by atoms with Gasteiger partial charge in [-0.25, -0.2) is 0 Å². The molecule has 7 heteroatoms. The number of hydrogen-bond acceptors (Lipinski definition) is 4. The predicted octanol–water partition coefficient (Wildman–Crippen LogP) is 3.62. The van der Waals surface area contributed by atoms with Gasteiger partial charge in [0.2, 0.25) is 11.8 Å². The molecule has 2 aromatic rings. The number of hydrogen-bond donors (Lipinski definition) is 1. The van der Waals surface area contributed by atoms with Gasteiger partial charge >= 0.3 is 0 Å². The maximum atomic E-state index is 12.4. The zero-order valence-corrected chi connectivity index (χ0v) is 19.1. The van der Waals surface area contributed by atoms with Gasteiger partial charge in [0.1, 0.15) is 5.75 Å². The first-order valence-corrected chi connectivity index (χ1v) is 11.0. The Kier molecular flexibility index (Phi) is 7.87. The van der Waals surface area contributed by atoms with Crippen LogP contribution in [0.1, 0.15) is 17.5 Å². The summed E-state index contributed by atoms with van der Waals surface area (Å²) in [6, 6.07) is 13.5. The standard InChI is InChI=1S/C23H28BrN3O3/c1-17-5-3-8-21(18(17)2)25-22(28)16-26-10-12-27(13-11-26)23(29)9-14-30-20-7-4-6-19(24)15-20/h3-8,15H,9-14,16H2,1-2H3,(H,25,28). The van der Waals surface area contributed by atoms with E-state index in [1.807, 2.05) is 61.2 Å². The maximum Gasteiger partial charge on any atom is 0.238 e. The molecule has 30 heavy (non-hydrogen) atoms. The van der Waals surface area contributed by atoms with E-state index in [9.17, 15) is 9.59 Å². The molecule has 3 rings (SSSR count). The third-order valence-electron chi connectivity index (χ3n) is 5.35. The lowest BCUT2D eigenvalue weighted by Gasteiger charge is -2.34. The average molecular weight is 474 g/mol. The summed E-state index contributed by atoms with van der Waals surface area (Å²) in [5, 5.41) is 3.00. The molecule has 0 aliphatic carbocycles. The number of amides is 2. The van der Waals surface area contributed by atoms with E-state index in [1.54, 1.807) is 0 Å². The fraction of sp³-hybridized carbons (Fsp3) is 0.391. The van der Waals surface area contributed by atoms with Crippen molar-refractivity contribution in [1.29, 1.82) is 0 Å². The SMILES string of the molecule is Cc1cccc(NC(=O)CN2CCN(C(=O)CCOc3cccc(Br)c3)CC2)c1C. The average Bonchev–Trinajstić information content (AvgIpc) is 2.72. The minimum Gasteiger partial charge on any atom is -0.493 e. The van der Waals surface area contributed by atoms with E-state index in [-0.39, 0.29) is 11.8 Å². The van der Waals surface area contributed by atoms with E-state index >= 15 is 0 Å². The molecule has 0 radical (unpaired) electrons. The Balaban J connectivity index is 1.38. The lowest BCUT2D eigenvalue weighted by atomic mass is 10.1. The van der Waals surface area contributed by atoms with Crippen molar-refractivity contribution in [2.45, 2.75) is 20.3 Å². The van der Waals surface area contributed by atoms with Gasteiger partial charge in [-0.05, 0) is 49.2 Å². The molecule has 2 aromatic carbocycles. The van der Waals surface area contributed by atoms with Crippen molar-refractivity contribution in [3.05, 3.63) is 58.1 Å². The molecule has 0 spiro atoms. The summed E-state index contributed by atoms with van der Waals surface area (Å²) in [6.45, 7) is 7.38.